The van der Waals surface area contributed by atoms with E-state index in [0.717, 1.165) is 23.3 Å². The fourth-order valence-electron chi connectivity index (χ4n) is 4.49. The van der Waals surface area contributed by atoms with E-state index in [-0.39, 0.29) is 27.6 Å². The molecule has 1 atom stereocenters. The fourth-order valence-corrected chi connectivity index (χ4v) is 5.15. The second-order valence-electron chi connectivity index (χ2n) is 10.0. The summed E-state index contributed by atoms with van der Waals surface area (Å²) in [5.41, 5.74) is 2.47. The molecule has 3 N–H and O–H groups in total. The molecule has 0 saturated carbocycles. The number of carbonyl (C=O) groups excluding carboxylic acids is 1. The number of aliphatic carboxylic acids is 1. The zero-order valence-corrected chi connectivity index (χ0v) is 27.7. The van der Waals surface area contributed by atoms with E-state index in [1.165, 1.54) is 0 Å². The minimum absolute atomic E-state index is 0.0566. The van der Waals surface area contributed by atoms with E-state index in [0.29, 0.717) is 68.9 Å². The van der Waals surface area contributed by atoms with E-state index in [4.69, 9.17) is 56.7 Å². The first kappa shape index (κ1) is 37.5. The smallest absolute Gasteiger partial charge is 0.335 e. The van der Waals surface area contributed by atoms with Crippen LogP contribution in [-0.4, -0.2) is 95.1 Å². The van der Waals surface area contributed by atoms with Crippen molar-refractivity contribution < 1.29 is 53.0 Å². The van der Waals surface area contributed by atoms with Crippen LogP contribution in [0.5, 0.6) is 11.5 Å². The first-order valence-corrected chi connectivity index (χ1v) is 15.2. The van der Waals surface area contributed by atoms with Crippen LogP contribution < -0.4 is 14.8 Å². The molecule has 0 radical (unpaired) electrons. The van der Waals surface area contributed by atoms with Gasteiger partial charge in [-0.15, -0.1) is 0 Å². The van der Waals surface area contributed by atoms with Gasteiger partial charge in [0, 0.05) is 13.5 Å². The molecule has 3 aromatic carbocycles. The number of carboxylic acid groups (broad SMARTS) is 2. The largest absolute Gasteiger partial charge is 0.496 e. The quantitative estimate of drug-likeness (QED) is 0.137. The standard InChI is InChI=1S/C33H37Cl2NO11/c1-42-8-9-45-10-11-46-12-13-47-19-21-15-27(43-2)29(28(16-21)44-3)22-6-4-20(5-7-22)14-26(33(40)41)36-31(37)30-24(34)17-23(32(38)39)18-25(30)35/h4-7,15-18,26H,8-14,19H2,1-3H3,(H,36,37)(H,38,39)(H,40,41). The van der Waals surface area contributed by atoms with Gasteiger partial charge in [-0.3, -0.25) is 4.79 Å². The van der Waals surface area contributed by atoms with Crippen LogP contribution in [0.4, 0.5) is 0 Å². The van der Waals surface area contributed by atoms with E-state index in [2.05, 4.69) is 5.32 Å². The molecule has 0 aromatic heterocycles. The number of halogens is 2. The third kappa shape index (κ3) is 11.1. The number of benzene rings is 3. The lowest BCUT2D eigenvalue weighted by molar-refractivity contribution is -0.139. The molecule has 0 saturated heterocycles. The third-order valence-corrected chi connectivity index (χ3v) is 7.41. The maximum atomic E-state index is 12.9. The molecule has 1 unspecified atom stereocenters. The summed E-state index contributed by atoms with van der Waals surface area (Å²) in [4.78, 5) is 36.2. The normalized spacial score (nSPS) is 11.6. The highest BCUT2D eigenvalue weighted by Crippen LogP contribution is 2.40. The van der Waals surface area contributed by atoms with E-state index in [1.807, 2.05) is 12.1 Å². The highest BCUT2D eigenvalue weighted by Gasteiger charge is 2.25. The van der Waals surface area contributed by atoms with E-state index >= 15 is 0 Å². The Bertz CT molecular complexity index is 1470. The highest BCUT2D eigenvalue weighted by molar-refractivity contribution is 6.40. The predicted molar refractivity (Wildman–Crippen MR) is 174 cm³/mol. The van der Waals surface area contributed by atoms with Crippen LogP contribution in [0.25, 0.3) is 11.1 Å². The predicted octanol–water partition coefficient (Wildman–Crippen LogP) is 5.00. The number of carboxylic acids is 2. The molecule has 14 heteroatoms. The van der Waals surface area contributed by atoms with Gasteiger partial charge in [-0.2, -0.15) is 0 Å². The van der Waals surface area contributed by atoms with Crippen molar-refractivity contribution in [2.75, 3.05) is 61.0 Å². The molecule has 0 aliphatic heterocycles. The molecule has 3 aromatic rings. The summed E-state index contributed by atoms with van der Waals surface area (Å²) in [6.07, 6.45) is -0.0566. The number of methoxy groups -OCH3 is 3. The molecule has 0 heterocycles. The van der Waals surface area contributed by atoms with Crippen molar-refractivity contribution in [3.05, 3.63) is 80.8 Å². The van der Waals surface area contributed by atoms with E-state index < -0.39 is 23.9 Å². The fraction of sp³-hybridized carbons (Fsp3) is 0.364. The molecule has 0 aliphatic carbocycles. The average Bonchev–Trinajstić information content (AvgIpc) is 3.04. The van der Waals surface area contributed by atoms with Crippen molar-refractivity contribution in [1.29, 1.82) is 0 Å². The molecule has 3 rings (SSSR count). The number of hydrogen-bond donors (Lipinski definition) is 3. The Kier molecular flexibility index (Phi) is 15.2. The molecule has 0 aliphatic rings. The van der Waals surface area contributed by atoms with Crippen LogP contribution in [0.15, 0.2) is 48.5 Å². The van der Waals surface area contributed by atoms with Gasteiger partial charge >= 0.3 is 11.9 Å². The van der Waals surface area contributed by atoms with Crippen molar-refractivity contribution in [1.82, 2.24) is 5.32 Å². The van der Waals surface area contributed by atoms with Crippen molar-refractivity contribution in [2.45, 2.75) is 19.1 Å². The number of amides is 1. The second-order valence-corrected chi connectivity index (χ2v) is 10.8. The first-order chi connectivity index (χ1) is 22.6. The Morgan fingerprint density at radius 3 is 1.77 bits per heavy atom. The second kappa shape index (κ2) is 19.0. The van der Waals surface area contributed by atoms with Gasteiger partial charge in [0.1, 0.15) is 17.5 Å². The maximum absolute atomic E-state index is 12.9. The molecule has 0 bridgehead atoms. The Morgan fingerprint density at radius 1 is 0.745 bits per heavy atom. The molecular weight excluding hydrogens is 657 g/mol. The number of rotatable bonds is 20. The summed E-state index contributed by atoms with van der Waals surface area (Å²) in [6.45, 7) is 3.11. The van der Waals surface area contributed by atoms with Crippen LogP contribution in [0, 0.1) is 0 Å². The summed E-state index contributed by atoms with van der Waals surface area (Å²) in [5.74, 6) is -2.30. The van der Waals surface area contributed by atoms with Gasteiger partial charge in [0.25, 0.3) is 5.91 Å². The Balaban J connectivity index is 1.65. The van der Waals surface area contributed by atoms with Crippen molar-refractivity contribution in [3.63, 3.8) is 0 Å². The number of aromatic carboxylic acids is 1. The number of ether oxygens (including phenoxy) is 6. The topological polar surface area (TPSA) is 159 Å². The van der Waals surface area contributed by atoms with Crippen LogP contribution in [0.2, 0.25) is 10.0 Å². The van der Waals surface area contributed by atoms with Gasteiger partial charge in [-0.05, 0) is 41.0 Å². The molecular formula is C33H37Cl2NO11. The lowest BCUT2D eigenvalue weighted by Crippen LogP contribution is -2.42. The zero-order valence-electron chi connectivity index (χ0n) is 26.2. The average molecular weight is 695 g/mol. The van der Waals surface area contributed by atoms with Crippen LogP contribution in [0.1, 0.15) is 31.8 Å². The van der Waals surface area contributed by atoms with Crippen molar-refractivity contribution in [2.24, 2.45) is 0 Å². The van der Waals surface area contributed by atoms with Gasteiger partial charge in [0.15, 0.2) is 0 Å². The lowest BCUT2D eigenvalue weighted by atomic mass is 9.98. The SMILES string of the molecule is COCCOCCOCCOCc1cc(OC)c(-c2ccc(CC(NC(=O)c3c(Cl)cc(C(=O)O)cc3Cl)C(=O)O)cc2)c(OC)c1. The number of nitrogens with one attached hydrogen (secondary N) is 1. The van der Waals surface area contributed by atoms with Crippen molar-refractivity contribution >= 4 is 41.0 Å². The Hall–Kier alpha value is -3.91. The van der Waals surface area contributed by atoms with Gasteiger partial charge in [0.05, 0.1) is 87.2 Å². The first-order valence-electron chi connectivity index (χ1n) is 14.4. The molecule has 0 spiro atoms. The maximum Gasteiger partial charge on any atom is 0.335 e. The third-order valence-electron chi connectivity index (χ3n) is 6.81. The van der Waals surface area contributed by atoms with E-state index in [9.17, 15) is 19.5 Å². The van der Waals surface area contributed by atoms with Crippen molar-refractivity contribution in [3.8, 4) is 22.6 Å². The number of carbonyl (C=O) groups is 3. The Labute approximate surface area is 282 Å². The van der Waals surface area contributed by atoms with Gasteiger partial charge < -0.3 is 44.0 Å². The van der Waals surface area contributed by atoms with Gasteiger partial charge in [-0.25, -0.2) is 9.59 Å². The highest BCUT2D eigenvalue weighted by atomic mass is 35.5. The van der Waals surface area contributed by atoms with Crippen LogP contribution >= 0.6 is 23.2 Å². The van der Waals surface area contributed by atoms with E-state index in [1.54, 1.807) is 45.6 Å². The zero-order chi connectivity index (χ0) is 34.3. The monoisotopic (exact) mass is 693 g/mol. The summed E-state index contributed by atoms with van der Waals surface area (Å²) < 4.78 is 32.9. The summed E-state index contributed by atoms with van der Waals surface area (Å²) in [5, 5.41) is 21.0. The minimum atomic E-state index is -1.33. The minimum Gasteiger partial charge on any atom is -0.496 e. The molecule has 0 fully saturated rings. The molecule has 1 amide bonds. The van der Waals surface area contributed by atoms with Crippen LogP contribution in [0.3, 0.4) is 0 Å². The molecule has 254 valence electrons. The summed E-state index contributed by atoms with van der Waals surface area (Å²) in [7, 11) is 4.72. The summed E-state index contributed by atoms with van der Waals surface area (Å²) in [6, 6.07) is 11.6. The Morgan fingerprint density at radius 2 is 1.28 bits per heavy atom. The molecule has 47 heavy (non-hydrogen) atoms. The summed E-state index contributed by atoms with van der Waals surface area (Å²) >= 11 is 12.2. The lowest BCUT2D eigenvalue weighted by Gasteiger charge is -2.18. The van der Waals surface area contributed by atoms with Crippen LogP contribution in [-0.2, 0) is 36.8 Å². The number of hydrogen-bond acceptors (Lipinski definition) is 9. The molecule has 12 nitrogen and oxygen atoms in total. The van der Waals surface area contributed by atoms with Gasteiger partial charge in [0.2, 0.25) is 0 Å². The van der Waals surface area contributed by atoms with Gasteiger partial charge in [-0.1, -0.05) is 47.5 Å².